The molecule has 1 amide bonds. The van der Waals surface area contributed by atoms with E-state index in [2.05, 4.69) is 5.32 Å². The molecule has 3 rings (SSSR count). The van der Waals surface area contributed by atoms with Crippen molar-refractivity contribution in [3.8, 4) is 0 Å². The van der Waals surface area contributed by atoms with Gasteiger partial charge in [-0.1, -0.05) is 61.8 Å². The Morgan fingerprint density at radius 2 is 1.54 bits per heavy atom. The smallest absolute Gasteiger partial charge is 0.324 e. The van der Waals surface area contributed by atoms with Gasteiger partial charge in [0.15, 0.2) is 0 Å². The third-order valence-corrected chi connectivity index (χ3v) is 7.54. The van der Waals surface area contributed by atoms with E-state index in [4.69, 9.17) is 11.6 Å². The molecule has 0 aromatic heterocycles. The normalized spacial score (nSPS) is 11.8. The summed E-state index contributed by atoms with van der Waals surface area (Å²) in [6, 6.07) is 15.5. The summed E-state index contributed by atoms with van der Waals surface area (Å²) in [6.45, 7) is 3.10. The molecule has 186 valence electrons. The Labute approximate surface area is 207 Å². The Balaban J connectivity index is 2.07. The fraction of sp³-hybridized carbons (Fsp3) is 0.240. The first-order chi connectivity index (χ1) is 16.5. The molecular weight excluding hydrogens is 501 g/mol. The first-order valence-electron chi connectivity index (χ1n) is 10.8. The van der Waals surface area contributed by atoms with Gasteiger partial charge >= 0.3 is 6.18 Å². The van der Waals surface area contributed by atoms with Crippen LogP contribution in [0.3, 0.4) is 0 Å². The van der Waals surface area contributed by atoms with Gasteiger partial charge in [0.1, 0.15) is 6.54 Å². The summed E-state index contributed by atoms with van der Waals surface area (Å²) in [5.41, 5.74) is 0.767. The second-order valence-electron chi connectivity index (χ2n) is 7.69. The lowest BCUT2D eigenvalue weighted by Crippen LogP contribution is -2.38. The zero-order valence-electron chi connectivity index (χ0n) is 19.1. The predicted molar refractivity (Wildman–Crippen MR) is 131 cm³/mol. The van der Waals surface area contributed by atoms with E-state index in [1.54, 1.807) is 6.07 Å². The molecule has 0 unspecified atom stereocenters. The molecule has 0 saturated carbocycles. The van der Waals surface area contributed by atoms with Gasteiger partial charge in [0.25, 0.3) is 10.0 Å². The number of hydrogen-bond acceptors (Lipinski definition) is 3. The van der Waals surface area contributed by atoms with Crippen molar-refractivity contribution in [2.45, 2.75) is 37.8 Å². The second-order valence-corrected chi connectivity index (χ2v) is 9.96. The minimum Gasteiger partial charge on any atom is -0.324 e. The lowest BCUT2D eigenvalue weighted by atomic mass is 10.0. The van der Waals surface area contributed by atoms with Crippen molar-refractivity contribution in [2.24, 2.45) is 0 Å². The van der Waals surface area contributed by atoms with Crippen LogP contribution >= 0.6 is 11.6 Å². The SMILES string of the molecule is CCc1cccc(CC)c1NC(=O)CN(c1ccc(Cl)c(C(F)(F)F)c1)S(=O)(=O)c1ccccc1. The molecule has 0 bridgehead atoms. The molecule has 0 radical (unpaired) electrons. The number of nitrogens with zero attached hydrogens (tertiary/aromatic N) is 1. The maximum atomic E-state index is 13.5. The van der Waals surface area contributed by atoms with Crippen molar-refractivity contribution in [3.63, 3.8) is 0 Å². The quantitative estimate of drug-likeness (QED) is 0.375. The second kappa shape index (κ2) is 10.7. The van der Waals surface area contributed by atoms with Crippen molar-refractivity contribution in [2.75, 3.05) is 16.2 Å². The molecule has 0 aliphatic rings. The Morgan fingerprint density at radius 3 is 2.09 bits per heavy atom. The largest absolute Gasteiger partial charge is 0.417 e. The summed E-state index contributed by atoms with van der Waals surface area (Å²) >= 11 is 5.73. The number of anilines is 2. The van der Waals surface area contributed by atoms with Crippen molar-refractivity contribution in [3.05, 3.63) is 88.4 Å². The molecule has 0 fully saturated rings. The van der Waals surface area contributed by atoms with E-state index < -0.39 is 39.2 Å². The van der Waals surface area contributed by atoms with Gasteiger partial charge in [0, 0.05) is 5.69 Å². The molecule has 0 heterocycles. The Morgan fingerprint density at radius 1 is 0.943 bits per heavy atom. The van der Waals surface area contributed by atoms with Crippen LogP contribution < -0.4 is 9.62 Å². The number of benzene rings is 3. The number of aryl methyl sites for hydroxylation is 2. The number of rotatable bonds is 8. The van der Waals surface area contributed by atoms with Crippen molar-refractivity contribution >= 4 is 38.9 Å². The van der Waals surface area contributed by atoms with Gasteiger partial charge in [-0.2, -0.15) is 13.2 Å². The van der Waals surface area contributed by atoms with Crippen LogP contribution in [-0.4, -0.2) is 20.9 Å². The number of carbonyl (C=O) groups is 1. The summed E-state index contributed by atoms with van der Waals surface area (Å²) < 4.78 is 68.0. The highest BCUT2D eigenvalue weighted by molar-refractivity contribution is 7.92. The molecule has 0 saturated heterocycles. The van der Waals surface area contributed by atoms with Crippen LogP contribution in [0.4, 0.5) is 24.5 Å². The van der Waals surface area contributed by atoms with Gasteiger partial charge in [0.05, 0.1) is 21.2 Å². The van der Waals surface area contributed by atoms with Gasteiger partial charge in [-0.15, -0.1) is 0 Å². The predicted octanol–water partition coefficient (Wildman–Crippen LogP) is 6.32. The van der Waals surface area contributed by atoms with E-state index in [-0.39, 0.29) is 10.6 Å². The molecule has 0 atom stereocenters. The minimum absolute atomic E-state index is 0.167. The molecular formula is C25H24ClF3N2O3S. The molecule has 10 heteroatoms. The first-order valence-corrected chi connectivity index (χ1v) is 12.7. The lowest BCUT2D eigenvalue weighted by molar-refractivity contribution is -0.137. The number of hydrogen-bond donors (Lipinski definition) is 1. The van der Waals surface area contributed by atoms with Gasteiger partial charge in [-0.25, -0.2) is 8.42 Å². The monoisotopic (exact) mass is 524 g/mol. The van der Waals surface area contributed by atoms with Crippen molar-refractivity contribution in [1.82, 2.24) is 0 Å². The number of amides is 1. The highest BCUT2D eigenvalue weighted by Crippen LogP contribution is 2.38. The molecule has 3 aromatic rings. The van der Waals surface area contributed by atoms with Crippen LogP contribution in [0, 0.1) is 0 Å². The van der Waals surface area contributed by atoms with E-state index in [9.17, 15) is 26.4 Å². The summed E-state index contributed by atoms with van der Waals surface area (Å²) in [4.78, 5) is 12.9. The Bertz CT molecular complexity index is 1290. The first kappa shape index (κ1) is 26.6. The van der Waals surface area contributed by atoms with E-state index >= 15 is 0 Å². The minimum atomic E-state index is -4.81. The molecule has 1 N–H and O–H groups in total. The average molecular weight is 525 g/mol. The van der Waals surface area contributed by atoms with Crippen LogP contribution in [0.2, 0.25) is 5.02 Å². The average Bonchev–Trinajstić information content (AvgIpc) is 2.83. The number of nitrogens with one attached hydrogen (secondary N) is 1. The van der Waals surface area contributed by atoms with E-state index in [1.165, 1.54) is 24.3 Å². The molecule has 3 aromatic carbocycles. The highest BCUT2D eigenvalue weighted by atomic mass is 35.5. The number of carbonyl (C=O) groups excluding carboxylic acids is 1. The number of sulfonamides is 1. The number of halogens is 4. The molecule has 0 aliphatic heterocycles. The van der Waals surface area contributed by atoms with Crippen LogP contribution in [0.25, 0.3) is 0 Å². The summed E-state index contributed by atoms with van der Waals surface area (Å²) in [7, 11) is -4.39. The Kier molecular flexibility index (Phi) is 8.12. The van der Waals surface area contributed by atoms with Crippen LogP contribution in [0.15, 0.2) is 71.6 Å². The molecule has 5 nitrogen and oxygen atoms in total. The zero-order chi connectivity index (χ0) is 25.8. The van der Waals surface area contributed by atoms with Gasteiger partial charge < -0.3 is 5.32 Å². The maximum Gasteiger partial charge on any atom is 0.417 e. The van der Waals surface area contributed by atoms with Gasteiger partial charge in [-0.05, 0) is 54.3 Å². The number of para-hydroxylation sites is 1. The molecule has 35 heavy (non-hydrogen) atoms. The zero-order valence-corrected chi connectivity index (χ0v) is 20.6. The highest BCUT2D eigenvalue weighted by Gasteiger charge is 2.35. The summed E-state index contributed by atoms with van der Waals surface area (Å²) in [5, 5.41) is 2.19. The van der Waals surface area contributed by atoms with Gasteiger partial charge in [-0.3, -0.25) is 9.10 Å². The third-order valence-electron chi connectivity index (χ3n) is 5.43. The van der Waals surface area contributed by atoms with Crippen molar-refractivity contribution in [1.29, 1.82) is 0 Å². The van der Waals surface area contributed by atoms with E-state index in [0.29, 0.717) is 28.9 Å². The van der Waals surface area contributed by atoms with E-state index in [1.807, 2.05) is 32.0 Å². The fourth-order valence-corrected chi connectivity index (χ4v) is 5.29. The third kappa shape index (κ3) is 5.97. The fourth-order valence-electron chi connectivity index (χ4n) is 3.63. The van der Waals surface area contributed by atoms with Crippen LogP contribution in [-0.2, 0) is 33.8 Å². The Hall–Kier alpha value is -3.04. The van der Waals surface area contributed by atoms with Crippen molar-refractivity contribution < 1.29 is 26.4 Å². The maximum absolute atomic E-state index is 13.5. The van der Waals surface area contributed by atoms with Crippen LogP contribution in [0.5, 0.6) is 0 Å². The summed E-state index contributed by atoms with van der Waals surface area (Å²) in [6.07, 6.45) is -3.56. The van der Waals surface area contributed by atoms with Crippen LogP contribution in [0.1, 0.15) is 30.5 Å². The molecule has 0 aliphatic carbocycles. The molecule has 0 spiro atoms. The van der Waals surface area contributed by atoms with Gasteiger partial charge in [0.2, 0.25) is 5.91 Å². The topological polar surface area (TPSA) is 66.5 Å². The van der Waals surface area contributed by atoms with E-state index in [0.717, 1.165) is 23.3 Å². The lowest BCUT2D eigenvalue weighted by Gasteiger charge is -2.25. The summed E-state index contributed by atoms with van der Waals surface area (Å²) in [5.74, 6) is -0.691. The standard InChI is InChI=1S/C25H24ClF3N2O3S/c1-3-17-9-8-10-18(4-2)24(17)30-23(32)16-31(35(33,34)20-11-6-5-7-12-20)19-13-14-22(26)21(15-19)25(27,28)29/h5-15H,3-4,16H2,1-2H3,(H,30,32). The number of alkyl halides is 3.